The van der Waals surface area contributed by atoms with Crippen molar-refractivity contribution < 1.29 is 9.53 Å². The van der Waals surface area contributed by atoms with Crippen LogP contribution < -0.4 is 5.73 Å². The van der Waals surface area contributed by atoms with Gasteiger partial charge in [0.05, 0.1) is 7.11 Å². The van der Waals surface area contributed by atoms with Crippen molar-refractivity contribution in [1.29, 1.82) is 0 Å². The van der Waals surface area contributed by atoms with Crippen molar-refractivity contribution >= 4 is 30.4 Å². The highest BCUT2D eigenvalue weighted by Crippen LogP contribution is 2.30. The molecule has 0 spiro atoms. The van der Waals surface area contributed by atoms with Gasteiger partial charge < -0.3 is 10.5 Å². The number of benzene rings is 2. The van der Waals surface area contributed by atoms with Gasteiger partial charge in [0.15, 0.2) is 0 Å². The van der Waals surface area contributed by atoms with E-state index in [2.05, 4.69) is 17.4 Å². The number of hydrogen-bond acceptors (Lipinski definition) is 4. The van der Waals surface area contributed by atoms with Gasteiger partial charge in [-0.2, -0.15) is 0 Å². The molecule has 2 aromatic rings. The zero-order valence-electron chi connectivity index (χ0n) is 11.0. The third-order valence-corrected chi connectivity index (χ3v) is 3.39. The Morgan fingerprint density at radius 1 is 1.20 bits per heavy atom. The molecule has 2 aromatic carbocycles. The Morgan fingerprint density at radius 3 is 2.55 bits per heavy atom. The maximum Gasteiger partial charge on any atom is 0.330 e. The Bertz CT molecular complexity index is 651. The summed E-state index contributed by atoms with van der Waals surface area (Å²) in [6.45, 7) is 0. The third-order valence-electron chi connectivity index (χ3n) is 2.88. The van der Waals surface area contributed by atoms with Crippen LogP contribution in [0.1, 0.15) is 5.56 Å². The first-order valence-corrected chi connectivity index (χ1v) is 6.50. The first-order chi connectivity index (χ1) is 9.61. The number of ether oxygens (including phenoxy) is 1. The molecule has 0 aliphatic heterocycles. The minimum Gasteiger partial charge on any atom is -0.466 e. The standard InChI is InChI=1S/C16H15NO2S/c1-19-15(18)8-7-12-9-13(10-14(17)16(12)20)11-5-3-2-4-6-11/h2-10,20H,17H2,1H3/b8-7+. The summed E-state index contributed by atoms with van der Waals surface area (Å²) in [7, 11) is 1.34. The molecule has 0 unspecified atom stereocenters. The number of esters is 1. The second-order valence-corrected chi connectivity index (χ2v) is 4.67. The third kappa shape index (κ3) is 3.22. The van der Waals surface area contributed by atoms with Gasteiger partial charge in [0, 0.05) is 16.7 Å². The van der Waals surface area contributed by atoms with Crippen molar-refractivity contribution in [2.45, 2.75) is 4.90 Å². The van der Waals surface area contributed by atoms with E-state index in [1.54, 1.807) is 6.08 Å². The average molecular weight is 285 g/mol. The van der Waals surface area contributed by atoms with Gasteiger partial charge in [-0.3, -0.25) is 0 Å². The average Bonchev–Trinajstić information content (AvgIpc) is 2.49. The molecule has 0 aliphatic rings. The molecule has 0 bridgehead atoms. The van der Waals surface area contributed by atoms with E-state index in [9.17, 15) is 4.79 Å². The number of carbonyl (C=O) groups is 1. The maximum absolute atomic E-state index is 11.2. The van der Waals surface area contributed by atoms with Crippen LogP contribution in [-0.4, -0.2) is 13.1 Å². The summed E-state index contributed by atoms with van der Waals surface area (Å²) < 4.78 is 4.57. The van der Waals surface area contributed by atoms with E-state index < -0.39 is 5.97 Å². The molecular formula is C16H15NO2S. The summed E-state index contributed by atoms with van der Waals surface area (Å²) in [6.07, 6.45) is 3.00. The first-order valence-electron chi connectivity index (χ1n) is 6.05. The summed E-state index contributed by atoms with van der Waals surface area (Å²) in [4.78, 5) is 11.8. The van der Waals surface area contributed by atoms with E-state index in [-0.39, 0.29) is 0 Å². The minimum absolute atomic E-state index is 0.415. The predicted octanol–water partition coefficient (Wildman–Crippen LogP) is 3.41. The highest BCUT2D eigenvalue weighted by Gasteiger charge is 2.06. The Labute approximate surface area is 123 Å². The van der Waals surface area contributed by atoms with E-state index in [1.807, 2.05) is 42.5 Å². The fraction of sp³-hybridized carbons (Fsp3) is 0.0625. The molecular weight excluding hydrogens is 270 g/mol. The zero-order valence-corrected chi connectivity index (χ0v) is 11.9. The predicted molar refractivity (Wildman–Crippen MR) is 84.6 cm³/mol. The minimum atomic E-state index is -0.415. The van der Waals surface area contributed by atoms with Crippen molar-refractivity contribution in [1.82, 2.24) is 0 Å². The lowest BCUT2D eigenvalue weighted by molar-refractivity contribution is -0.134. The van der Waals surface area contributed by atoms with Crippen molar-refractivity contribution in [2.75, 3.05) is 12.8 Å². The molecule has 0 atom stereocenters. The van der Waals surface area contributed by atoms with Gasteiger partial charge in [-0.25, -0.2) is 4.79 Å². The van der Waals surface area contributed by atoms with Crippen LogP contribution >= 0.6 is 12.6 Å². The number of anilines is 1. The lowest BCUT2D eigenvalue weighted by Crippen LogP contribution is -1.95. The number of rotatable bonds is 3. The molecule has 0 radical (unpaired) electrons. The number of thiol groups is 1. The Balaban J connectivity index is 2.45. The Kier molecular flexibility index (Phi) is 4.48. The van der Waals surface area contributed by atoms with Crippen LogP contribution in [0.3, 0.4) is 0 Å². The molecule has 0 saturated carbocycles. The fourth-order valence-electron chi connectivity index (χ4n) is 1.83. The fourth-order valence-corrected chi connectivity index (χ4v) is 2.03. The molecule has 20 heavy (non-hydrogen) atoms. The largest absolute Gasteiger partial charge is 0.466 e. The van der Waals surface area contributed by atoms with Crippen LogP contribution in [-0.2, 0) is 9.53 Å². The van der Waals surface area contributed by atoms with E-state index in [4.69, 9.17) is 5.73 Å². The Hall–Kier alpha value is -2.20. The van der Waals surface area contributed by atoms with Crippen LogP contribution in [0.5, 0.6) is 0 Å². The molecule has 0 heterocycles. The molecule has 2 rings (SSSR count). The van der Waals surface area contributed by atoms with Crippen LogP contribution in [0, 0.1) is 0 Å². The number of nitrogen functional groups attached to an aromatic ring is 1. The van der Waals surface area contributed by atoms with Crippen LogP contribution in [0.4, 0.5) is 5.69 Å². The van der Waals surface area contributed by atoms with Crippen molar-refractivity contribution in [3.8, 4) is 11.1 Å². The van der Waals surface area contributed by atoms with Gasteiger partial charge >= 0.3 is 5.97 Å². The highest BCUT2D eigenvalue weighted by molar-refractivity contribution is 7.80. The molecule has 3 nitrogen and oxygen atoms in total. The first kappa shape index (κ1) is 14.2. The number of hydrogen-bond donors (Lipinski definition) is 2. The number of nitrogens with two attached hydrogens (primary N) is 1. The quantitative estimate of drug-likeness (QED) is 0.393. The van der Waals surface area contributed by atoms with Crippen LogP contribution in [0.2, 0.25) is 0 Å². The van der Waals surface area contributed by atoms with E-state index in [1.165, 1.54) is 13.2 Å². The van der Waals surface area contributed by atoms with Crippen molar-refractivity contribution in [3.05, 3.63) is 54.1 Å². The smallest absolute Gasteiger partial charge is 0.330 e. The molecule has 0 fully saturated rings. The maximum atomic E-state index is 11.2. The molecule has 0 saturated heterocycles. The summed E-state index contributed by atoms with van der Waals surface area (Å²) in [5, 5.41) is 0. The van der Waals surface area contributed by atoms with Gasteiger partial charge in [-0.15, -0.1) is 12.6 Å². The molecule has 4 heteroatoms. The van der Waals surface area contributed by atoms with Crippen LogP contribution in [0.15, 0.2) is 53.4 Å². The van der Waals surface area contributed by atoms with Gasteiger partial charge in [0.25, 0.3) is 0 Å². The summed E-state index contributed by atoms with van der Waals surface area (Å²) >= 11 is 4.37. The Morgan fingerprint density at radius 2 is 1.90 bits per heavy atom. The van der Waals surface area contributed by atoms with Gasteiger partial charge in [0.2, 0.25) is 0 Å². The lowest BCUT2D eigenvalue weighted by Gasteiger charge is -2.09. The monoisotopic (exact) mass is 285 g/mol. The van der Waals surface area contributed by atoms with Gasteiger partial charge in [-0.1, -0.05) is 30.3 Å². The molecule has 0 aliphatic carbocycles. The molecule has 0 amide bonds. The van der Waals surface area contributed by atoms with Crippen LogP contribution in [0.25, 0.3) is 17.2 Å². The SMILES string of the molecule is COC(=O)/C=C/c1cc(-c2ccccc2)cc(N)c1S. The van der Waals surface area contributed by atoms with E-state index >= 15 is 0 Å². The zero-order chi connectivity index (χ0) is 14.5. The van der Waals surface area contributed by atoms with E-state index in [0.29, 0.717) is 10.6 Å². The lowest BCUT2D eigenvalue weighted by atomic mass is 10.0. The number of methoxy groups -OCH3 is 1. The normalized spacial score (nSPS) is 10.7. The molecule has 102 valence electrons. The van der Waals surface area contributed by atoms with E-state index in [0.717, 1.165) is 16.7 Å². The van der Waals surface area contributed by atoms with Gasteiger partial charge in [-0.05, 0) is 34.9 Å². The topological polar surface area (TPSA) is 52.3 Å². The van der Waals surface area contributed by atoms with Crippen molar-refractivity contribution in [3.63, 3.8) is 0 Å². The second kappa shape index (κ2) is 6.30. The molecule has 0 aromatic heterocycles. The van der Waals surface area contributed by atoms with Crippen molar-refractivity contribution in [2.24, 2.45) is 0 Å². The van der Waals surface area contributed by atoms with Gasteiger partial charge in [0.1, 0.15) is 0 Å². The summed E-state index contributed by atoms with van der Waals surface area (Å²) in [5.41, 5.74) is 9.35. The second-order valence-electron chi connectivity index (χ2n) is 4.23. The summed E-state index contributed by atoms with van der Waals surface area (Å²) in [5.74, 6) is -0.415. The summed E-state index contributed by atoms with van der Waals surface area (Å²) in [6, 6.07) is 13.7. The number of carbonyl (C=O) groups excluding carboxylic acids is 1. The highest BCUT2D eigenvalue weighted by atomic mass is 32.1. The molecule has 2 N–H and O–H groups in total.